The number of H-pyrrole nitrogens is 2. The normalized spacial score (nSPS) is 15.2. The number of ether oxygens (including phenoxy) is 4. The van der Waals surface area contributed by atoms with Crippen molar-refractivity contribution in [2.45, 2.75) is 200 Å². The Morgan fingerprint density at radius 1 is 0.536 bits per heavy atom. The van der Waals surface area contributed by atoms with Crippen molar-refractivity contribution in [2.75, 3.05) is 58.0 Å². The summed E-state index contributed by atoms with van der Waals surface area (Å²) in [5.74, 6) is -7.22. The number of carboxylic acids is 1. The summed E-state index contributed by atoms with van der Waals surface area (Å²) in [7, 11) is 4.46. The maximum atomic E-state index is 14.6. The molecule has 4 heterocycles. The molecule has 10 N–H and O–H groups in total. The van der Waals surface area contributed by atoms with E-state index in [1.54, 1.807) is 113 Å². The number of methoxy groups -OCH3 is 1. The lowest BCUT2D eigenvalue weighted by atomic mass is 10.1. The quantitative estimate of drug-likeness (QED) is 0.0131. The first kappa shape index (κ1) is 84.0. The number of amides is 9. The number of benzene rings is 4. The minimum atomic E-state index is -1.61. The number of rotatable bonds is 33. The molecule has 0 spiro atoms. The lowest BCUT2D eigenvalue weighted by Crippen LogP contribution is -2.55. The highest BCUT2D eigenvalue weighted by Crippen LogP contribution is 2.30. The minimum Gasteiger partial charge on any atom is -0.481 e. The monoisotopic (exact) mass is 1520 g/mol. The van der Waals surface area contributed by atoms with E-state index in [1.165, 1.54) is 26.7 Å². The van der Waals surface area contributed by atoms with Gasteiger partial charge in [0, 0.05) is 95.1 Å². The lowest BCUT2D eigenvalue weighted by Gasteiger charge is -2.26. The highest BCUT2D eigenvalue weighted by Gasteiger charge is 2.36. The summed E-state index contributed by atoms with van der Waals surface area (Å²) in [6.07, 6.45) is -4.12. The van der Waals surface area contributed by atoms with Gasteiger partial charge in [-0.2, -0.15) is 0 Å². The molecular formula is C77H101N15O18. The third-order valence-corrected chi connectivity index (χ3v) is 17.5. The van der Waals surface area contributed by atoms with Gasteiger partial charge in [-0.25, -0.2) is 14.8 Å². The molecule has 2 aliphatic rings. The molecule has 0 saturated heterocycles. The molecule has 5 atom stereocenters. The number of carbonyl (C=O) groups is 13. The Morgan fingerprint density at radius 3 is 1.38 bits per heavy atom. The fourth-order valence-corrected chi connectivity index (χ4v) is 12.4. The van der Waals surface area contributed by atoms with Gasteiger partial charge in [0.05, 0.1) is 55.1 Å². The molecule has 0 unspecified atom stereocenters. The van der Waals surface area contributed by atoms with Crippen LogP contribution in [-0.2, 0) is 93.1 Å². The fourth-order valence-electron chi connectivity index (χ4n) is 12.4. The molecule has 592 valence electrons. The third-order valence-electron chi connectivity index (χ3n) is 17.5. The SMILES string of the molecule is COC(=O)C[C@@H]1Nc2ccc(C(=O)N(C)Cc3nc4ccccc4[nH]3)cc2CN(CCCNC(=O)[C@H](CCC(=O)OC(C)(C)C)NC(=O)[C@H](CCC(=O)N[C@@H](CCC(=O)OC(C)(C)C)C(=O)NCCCN2Cc3cc(C(=O)N(C)Cc4nc5ccccc5[nH]4)ccc3N[C@H](CC(=O)O)C2=O)NC(=O)OC(C)(C)C)C1=O. The van der Waals surface area contributed by atoms with Gasteiger partial charge < -0.3 is 90.8 Å². The van der Waals surface area contributed by atoms with E-state index in [-0.39, 0.29) is 109 Å². The topological polar surface area (TPSA) is 434 Å². The smallest absolute Gasteiger partial charge is 0.408 e. The van der Waals surface area contributed by atoms with E-state index in [9.17, 15) is 67.4 Å². The Kier molecular flexibility index (Phi) is 28.6. The number of para-hydroxylation sites is 4. The number of anilines is 2. The molecule has 2 aromatic heterocycles. The summed E-state index contributed by atoms with van der Waals surface area (Å²) in [5.41, 5.74) is 2.81. The van der Waals surface area contributed by atoms with Gasteiger partial charge in [0.1, 0.15) is 58.7 Å². The number of carboxylic acid groups (broad SMARTS) is 1. The zero-order chi connectivity index (χ0) is 80.4. The number of aromatic nitrogens is 4. The number of fused-ring (bicyclic) bond motifs is 4. The van der Waals surface area contributed by atoms with Crippen LogP contribution in [0.1, 0.15) is 170 Å². The van der Waals surface area contributed by atoms with Crippen molar-refractivity contribution in [1.29, 1.82) is 0 Å². The van der Waals surface area contributed by atoms with Crippen LogP contribution in [0.3, 0.4) is 0 Å². The Labute approximate surface area is 637 Å². The molecule has 2 aliphatic heterocycles. The molecule has 0 bridgehead atoms. The number of imidazole rings is 2. The molecule has 33 heteroatoms. The van der Waals surface area contributed by atoms with Gasteiger partial charge in [-0.15, -0.1) is 0 Å². The second kappa shape index (κ2) is 37.4. The summed E-state index contributed by atoms with van der Waals surface area (Å²) >= 11 is 0. The van der Waals surface area contributed by atoms with Crippen LogP contribution in [0.5, 0.6) is 0 Å². The van der Waals surface area contributed by atoms with Crippen LogP contribution in [0.15, 0.2) is 84.9 Å². The Hall–Kier alpha value is -11.7. The predicted molar refractivity (Wildman–Crippen MR) is 403 cm³/mol. The molecule has 4 aromatic carbocycles. The molecular weight excluding hydrogens is 1420 g/mol. The number of hydrogen-bond donors (Lipinski definition) is 10. The lowest BCUT2D eigenvalue weighted by molar-refractivity contribution is -0.156. The van der Waals surface area contributed by atoms with Gasteiger partial charge in [0.2, 0.25) is 35.4 Å². The first-order valence-corrected chi connectivity index (χ1v) is 36.5. The highest BCUT2D eigenvalue weighted by atomic mass is 16.6. The summed E-state index contributed by atoms with van der Waals surface area (Å²) in [6.45, 7) is 14.7. The van der Waals surface area contributed by atoms with E-state index >= 15 is 0 Å². The molecule has 0 aliphatic carbocycles. The molecule has 0 saturated carbocycles. The van der Waals surface area contributed by atoms with Gasteiger partial charge in [0.15, 0.2) is 0 Å². The second-order valence-corrected chi connectivity index (χ2v) is 30.2. The Bertz CT molecular complexity index is 4310. The van der Waals surface area contributed by atoms with Crippen molar-refractivity contribution in [3.63, 3.8) is 0 Å². The molecule has 110 heavy (non-hydrogen) atoms. The molecule has 8 rings (SSSR count). The van der Waals surface area contributed by atoms with E-state index < -0.39 is 132 Å². The number of hydrogen-bond acceptors (Lipinski definition) is 21. The average molecular weight is 1520 g/mol. The van der Waals surface area contributed by atoms with Crippen molar-refractivity contribution < 1.29 is 86.4 Å². The molecule has 33 nitrogen and oxygen atoms in total. The van der Waals surface area contributed by atoms with Crippen molar-refractivity contribution in [1.82, 2.24) is 66.1 Å². The van der Waals surface area contributed by atoms with Crippen LogP contribution in [0, 0.1) is 0 Å². The average Bonchev–Trinajstić information content (AvgIpc) is 1.66. The standard InChI is InChI=1S/C77H101N15O18/c1-75(2,3)108-64(96)31-28-55(67(99)78-33-17-35-91-41-47-37-45(23-25-49(47)80-58(72(91)104)39-63(94)95)70(102)89(10)43-60-82-51-19-13-14-20-52(51)83-60)86-62(93)30-27-57(88-74(106)110-77(7,8)9)69(101)87-56(29-32-65(97)109-76(4,5)6)68(100)79-34-18-36-92-42-48-38-46(24-26-50(48)81-59(73(92)105)40-66(98)107-12)71(103)90(11)44-61-84-53-21-15-16-22-54(53)85-61/h13-16,19-26,37-38,55-59,80-81H,17-18,27-36,39-44H2,1-12H3,(H,78,99)(H,79,100)(H,82,83)(H,84,85)(H,86,93)(H,87,101)(H,88,106)(H,94,95)/t55-,56-,57-,58+,59-/m0/s1. The van der Waals surface area contributed by atoms with Crippen molar-refractivity contribution in [3.05, 3.63) is 119 Å². The number of aliphatic carboxylic acids is 1. The predicted octanol–water partition coefficient (Wildman–Crippen LogP) is 5.87. The number of alkyl carbamates (subject to hydrolysis) is 1. The number of nitrogens with one attached hydrogen (secondary N) is 9. The van der Waals surface area contributed by atoms with Gasteiger partial charge >= 0.3 is 30.0 Å². The number of aromatic amines is 2. The van der Waals surface area contributed by atoms with Crippen LogP contribution in [0.4, 0.5) is 16.2 Å². The molecule has 6 aromatic rings. The zero-order valence-corrected chi connectivity index (χ0v) is 64.3. The molecule has 0 fully saturated rings. The number of esters is 3. The summed E-state index contributed by atoms with van der Waals surface area (Å²) in [4.78, 5) is 199. The van der Waals surface area contributed by atoms with E-state index in [0.717, 1.165) is 22.1 Å². The van der Waals surface area contributed by atoms with Crippen LogP contribution in [-0.4, -0.2) is 216 Å². The maximum Gasteiger partial charge on any atom is 0.408 e. The Balaban J connectivity index is 0.925. The van der Waals surface area contributed by atoms with Gasteiger partial charge in [0.25, 0.3) is 11.8 Å². The summed E-state index contributed by atoms with van der Waals surface area (Å²) in [5, 5.41) is 29.3. The number of nitrogens with zero attached hydrogens (tertiary/aromatic N) is 6. The van der Waals surface area contributed by atoms with E-state index in [1.807, 2.05) is 48.5 Å². The van der Waals surface area contributed by atoms with Crippen molar-refractivity contribution >= 4 is 111 Å². The van der Waals surface area contributed by atoms with E-state index in [2.05, 4.69) is 57.2 Å². The van der Waals surface area contributed by atoms with Crippen molar-refractivity contribution in [2.24, 2.45) is 0 Å². The molecule has 9 amide bonds. The second-order valence-electron chi connectivity index (χ2n) is 30.2. The van der Waals surface area contributed by atoms with E-state index in [4.69, 9.17) is 18.9 Å². The van der Waals surface area contributed by atoms with Crippen molar-refractivity contribution in [3.8, 4) is 0 Å². The maximum absolute atomic E-state index is 14.6. The number of carbonyl (C=O) groups excluding carboxylic acids is 12. The zero-order valence-electron chi connectivity index (χ0n) is 64.3. The minimum absolute atomic E-state index is 0.0102. The van der Waals surface area contributed by atoms with Crippen LogP contribution in [0.25, 0.3) is 22.1 Å². The van der Waals surface area contributed by atoms with Gasteiger partial charge in [-0.1, -0.05) is 24.3 Å². The highest BCUT2D eigenvalue weighted by molar-refractivity contribution is 5.98. The third kappa shape index (κ3) is 25.2. The van der Waals surface area contributed by atoms with Crippen LogP contribution < -0.4 is 37.2 Å². The largest absolute Gasteiger partial charge is 0.481 e. The van der Waals surface area contributed by atoms with Crippen LogP contribution in [0.2, 0.25) is 0 Å². The van der Waals surface area contributed by atoms with Gasteiger partial charge in [-0.3, -0.25) is 57.5 Å². The summed E-state index contributed by atoms with van der Waals surface area (Å²) < 4.78 is 21.4. The van der Waals surface area contributed by atoms with Gasteiger partial charge in [-0.05, 0) is 166 Å². The van der Waals surface area contributed by atoms with E-state index in [0.29, 0.717) is 45.3 Å². The molecule has 0 radical (unpaired) electrons. The summed E-state index contributed by atoms with van der Waals surface area (Å²) in [6, 6.07) is 17.9. The van der Waals surface area contributed by atoms with Crippen LogP contribution >= 0.6 is 0 Å². The fraction of sp³-hybridized carbons (Fsp3) is 0.494. The first-order valence-electron chi connectivity index (χ1n) is 36.5. The Morgan fingerprint density at radius 2 is 0.955 bits per heavy atom. The first-order chi connectivity index (χ1) is 51.9.